The summed E-state index contributed by atoms with van der Waals surface area (Å²) in [5, 5.41) is 0.613. The first kappa shape index (κ1) is 12.8. The van der Waals surface area contributed by atoms with Crippen molar-refractivity contribution in [3.8, 4) is 0 Å². The molecule has 6 nitrogen and oxygen atoms in total. The lowest BCUT2D eigenvalue weighted by Gasteiger charge is -2.31. The van der Waals surface area contributed by atoms with E-state index in [0.29, 0.717) is 11.2 Å². The summed E-state index contributed by atoms with van der Waals surface area (Å²) >= 11 is 2.00. The van der Waals surface area contributed by atoms with Gasteiger partial charge in [0.05, 0.1) is 0 Å². The molecule has 19 heavy (non-hydrogen) atoms. The van der Waals surface area contributed by atoms with Gasteiger partial charge in [-0.2, -0.15) is 26.7 Å². The molecule has 0 aromatic carbocycles. The molecule has 2 N–H and O–H groups in total. The number of rotatable bonds is 2. The van der Waals surface area contributed by atoms with Gasteiger partial charge in [0, 0.05) is 37.2 Å². The van der Waals surface area contributed by atoms with Gasteiger partial charge in [-0.3, -0.25) is 0 Å². The highest BCUT2D eigenvalue weighted by Crippen LogP contribution is 2.24. The second-order valence-corrected chi connectivity index (χ2v) is 6.66. The van der Waals surface area contributed by atoms with Crippen molar-refractivity contribution < 1.29 is 0 Å². The van der Waals surface area contributed by atoms with E-state index in [0.717, 1.165) is 43.8 Å². The fourth-order valence-corrected chi connectivity index (χ4v) is 3.58. The van der Waals surface area contributed by atoms with E-state index in [2.05, 4.69) is 31.7 Å². The Kier molecular flexibility index (Phi) is 3.63. The lowest BCUT2D eigenvalue weighted by Crippen LogP contribution is -2.38. The zero-order valence-electron chi connectivity index (χ0n) is 11.2. The Balaban J connectivity index is 1.84. The number of anilines is 3. The van der Waals surface area contributed by atoms with Crippen molar-refractivity contribution in [1.29, 1.82) is 0 Å². The summed E-state index contributed by atoms with van der Waals surface area (Å²) in [6, 6.07) is 0. The number of aromatic nitrogens is 3. The van der Waals surface area contributed by atoms with Gasteiger partial charge in [-0.1, -0.05) is 6.92 Å². The van der Waals surface area contributed by atoms with Crippen LogP contribution in [-0.2, 0) is 0 Å². The molecular formula is C12H20N6S. The number of nitrogens with zero attached hydrogens (tertiary/aromatic N) is 5. The standard InChI is InChI=1S/C12H20N6S/c1-9-8-18(6-7-19-9)12-15-10(13)14-11(16-12)17-4-2-3-5-17/h9H,2-8H2,1H3,(H2,13,14,15,16). The highest BCUT2D eigenvalue weighted by molar-refractivity contribution is 8.00. The summed E-state index contributed by atoms with van der Waals surface area (Å²) in [4.78, 5) is 17.6. The second kappa shape index (κ2) is 5.40. The number of thioether (sulfide) groups is 1. The number of hydrogen-bond acceptors (Lipinski definition) is 7. The summed E-state index contributed by atoms with van der Waals surface area (Å²) in [6.45, 7) is 6.25. The molecule has 2 aliphatic rings. The fourth-order valence-electron chi connectivity index (χ4n) is 2.57. The molecule has 0 aliphatic carbocycles. The zero-order chi connectivity index (χ0) is 13.2. The number of nitrogen functional groups attached to an aromatic ring is 1. The molecule has 1 atom stereocenters. The van der Waals surface area contributed by atoms with E-state index in [1.807, 2.05) is 11.8 Å². The van der Waals surface area contributed by atoms with Crippen molar-refractivity contribution in [1.82, 2.24) is 15.0 Å². The molecule has 7 heteroatoms. The molecule has 0 saturated carbocycles. The minimum absolute atomic E-state index is 0.331. The molecule has 0 bridgehead atoms. The van der Waals surface area contributed by atoms with E-state index in [-0.39, 0.29) is 0 Å². The van der Waals surface area contributed by atoms with E-state index in [1.165, 1.54) is 12.8 Å². The summed E-state index contributed by atoms with van der Waals surface area (Å²) < 4.78 is 0. The molecule has 1 unspecified atom stereocenters. The molecule has 2 aliphatic heterocycles. The van der Waals surface area contributed by atoms with Crippen LogP contribution in [0.4, 0.5) is 17.8 Å². The molecule has 2 fully saturated rings. The van der Waals surface area contributed by atoms with Gasteiger partial charge in [-0.15, -0.1) is 0 Å². The van der Waals surface area contributed by atoms with Crippen LogP contribution in [0.25, 0.3) is 0 Å². The Hall–Kier alpha value is -1.24. The third-order valence-corrected chi connectivity index (χ3v) is 4.68. The van der Waals surface area contributed by atoms with Gasteiger partial charge in [-0.25, -0.2) is 0 Å². The van der Waals surface area contributed by atoms with Gasteiger partial charge in [0.1, 0.15) is 0 Å². The summed E-state index contributed by atoms with van der Waals surface area (Å²) in [6.07, 6.45) is 2.41. The van der Waals surface area contributed by atoms with Crippen molar-refractivity contribution >= 4 is 29.6 Å². The molecular weight excluding hydrogens is 260 g/mol. The zero-order valence-corrected chi connectivity index (χ0v) is 12.1. The quantitative estimate of drug-likeness (QED) is 0.866. The Morgan fingerprint density at radius 1 is 1.05 bits per heavy atom. The van der Waals surface area contributed by atoms with Crippen LogP contribution in [0.2, 0.25) is 0 Å². The topological polar surface area (TPSA) is 71.2 Å². The maximum Gasteiger partial charge on any atom is 0.232 e. The first-order valence-electron chi connectivity index (χ1n) is 6.85. The Labute approximate surface area is 117 Å². The Morgan fingerprint density at radius 2 is 1.74 bits per heavy atom. The molecule has 3 rings (SSSR count). The minimum Gasteiger partial charge on any atom is -0.368 e. The average Bonchev–Trinajstić information content (AvgIpc) is 2.92. The van der Waals surface area contributed by atoms with E-state index in [1.54, 1.807) is 0 Å². The van der Waals surface area contributed by atoms with Crippen LogP contribution >= 0.6 is 11.8 Å². The Bertz CT molecular complexity index is 448. The van der Waals surface area contributed by atoms with Crippen LogP contribution in [0, 0.1) is 0 Å². The van der Waals surface area contributed by atoms with Crippen molar-refractivity contribution in [2.75, 3.05) is 47.5 Å². The third kappa shape index (κ3) is 2.86. The van der Waals surface area contributed by atoms with E-state index >= 15 is 0 Å². The van der Waals surface area contributed by atoms with Gasteiger partial charge < -0.3 is 15.5 Å². The molecule has 1 aromatic rings. The van der Waals surface area contributed by atoms with Gasteiger partial charge in [0.25, 0.3) is 0 Å². The molecule has 2 saturated heterocycles. The van der Waals surface area contributed by atoms with Crippen molar-refractivity contribution in [3.63, 3.8) is 0 Å². The van der Waals surface area contributed by atoms with Gasteiger partial charge in [0.15, 0.2) is 0 Å². The van der Waals surface area contributed by atoms with Crippen LogP contribution < -0.4 is 15.5 Å². The number of nitrogens with two attached hydrogens (primary N) is 1. The van der Waals surface area contributed by atoms with Crippen LogP contribution in [0.5, 0.6) is 0 Å². The summed E-state index contributed by atoms with van der Waals surface area (Å²) in [5.74, 6) is 2.93. The lowest BCUT2D eigenvalue weighted by atomic mass is 10.4. The van der Waals surface area contributed by atoms with Gasteiger partial charge in [0.2, 0.25) is 17.8 Å². The maximum atomic E-state index is 5.85. The normalized spacial score (nSPS) is 23.9. The molecule has 104 valence electrons. The predicted octanol–water partition coefficient (Wildman–Crippen LogP) is 0.996. The smallest absolute Gasteiger partial charge is 0.232 e. The monoisotopic (exact) mass is 280 g/mol. The van der Waals surface area contributed by atoms with Crippen LogP contribution in [0.1, 0.15) is 19.8 Å². The third-order valence-electron chi connectivity index (χ3n) is 3.54. The molecule has 3 heterocycles. The van der Waals surface area contributed by atoms with Crippen LogP contribution in [-0.4, -0.2) is 52.1 Å². The molecule has 0 spiro atoms. The second-order valence-electron chi connectivity index (χ2n) is 5.12. The first-order chi connectivity index (χ1) is 9.22. The predicted molar refractivity (Wildman–Crippen MR) is 79.8 cm³/mol. The van der Waals surface area contributed by atoms with Crippen LogP contribution in [0.3, 0.4) is 0 Å². The largest absolute Gasteiger partial charge is 0.368 e. The molecule has 0 radical (unpaired) electrons. The van der Waals surface area contributed by atoms with E-state index in [4.69, 9.17) is 5.73 Å². The number of hydrogen-bond donors (Lipinski definition) is 1. The van der Waals surface area contributed by atoms with Gasteiger partial charge in [-0.05, 0) is 12.8 Å². The van der Waals surface area contributed by atoms with E-state index in [9.17, 15) is 0 Å². The molecule has 1 aromatic heterocycles. The van der Waals surface area contributed by atoms with Crippen molar-refractivity contribution in [3.05, 3.63) is 0 Å². The SMILES string of the molecule is CC1CN(c2nc(N)nc(N3CCCC3)n2)CCS1. The van der Waals surface area contributed by atoms with E-state index < -0.39 is 0 Å². The highest BCUT2D eigenvalue weighted by atomic mass is 32.2. The van der Waals surface area contributed by atoms with Gasteiger partial charge >= 0.3 is 0 Å². The summed E-state index contributed by atoms with van der Waals surface area (Å²) in [7, 11) is 0. The van der Waals surface area contributed by atoms with Crippen molar-refractivity contribution in [2.45, 2.75) is 25.0 Å². The summed E-state index contributed by atoms with van der Waals surface area (Å²) in [5.41, 5.74) is 5.85. The van der Waals surface area contributed by atoms with Crippen LogP contribution in [0.15, 0.2) is 0 Å². The molecule has 0 amide bonds. The lowest BCUT2D eigenvalue weighted by molar-refractivity contribution is 0.746. The minimum atomic E-state index is 0.331. The Morgan fingerprint density at radius 3 is 2.42 bits per heavy atom. The highest BCUT2D eigenvalue weighted by Gasteiger charge is 2.22. The maximum absolute atomic E-state index is 5.85. The van der Waals surface area contributed by atoms with Crippen molar-refractivity contribution in [2.24, 2.45) is 0 Å². The first-order valence-corrected chi connectivity index (χ1v) is 7.90. The fraction of sp³-hybridized carbons (Fsp3) is 0.750. The average molecular weight is 280 g/mol.